The number of anilines is 2. The van der Waals surface area contributed by atoms with Gasteiger partial charge in [-0.3, -0.25) is 9.48 Å². The molecule has 0 aliphatic heterocycles. The Bertz CT molecular complexity index is 825. The molecule has 3 N–H and O–H groups in total. The third kappa shape index (κ3) is 3.90. The van der Waals surface area contributed by atoms with E-state index in [1.54, 1.807) is 29.2 Å². The van der Waals surface area contributed by atoms with Crippen LogP contribution in [0.3, 0.4) is 0 Å². The molecule has 0 aliphatic carbocycles. The number of carbonyl (C=O) groups excluding carboxylic acids is 1. The van der Waals surface area contributed by atoms with E-state index in [1.165, 1.54) is 11.3 Å². The van der Waals surface area contributed by atoms with E-state index in [2.05, 4.69) is 20.7 Å². The summed E-state index contributed by atoms with van der Waals surface area (Å²) in [5.74, 6) is 0.897. The first-order valence-electron chi connectivity index (χ1n) is 7.39. The Labute approximate surface area is 143 Å². The van der Waals surface area contributed by atoms with Gasteiger partial charge in [-0.1, -0.05) is 23.5 Å². The molecule has 0 bridgehead atoms. The second-order valence-electron chi connectivity index (χ2n) is 5.17. The van der Waals surface area contributed by atoms with Crippen molar-refractivity contribution in [2.75, 3.05) is 11.9 Å². The summed E-state index contributed by atoms with van der Waals surface area (Å²) < 4.78 is 1.69. The predicted octanol–water partition coefficient (Wildman–Crippen LogP) is 2.30. The van der Waals surface area contributed by atoms with Gasteiger partial charge in [-0.15, -0.1) is 0 Å². The molecule has 8 heteroatoms. The lowest BCUT2D eigenvalue weighted by molar-refractivity contribution is 0.0958. The number of rotatable bonds is 6. The van der Waals surface area contributed by atoms with Crippen molar-refractivity contribution < 1.29 is 9.90 Å². The molecule has 0 saturated heterocycles. The Morgan fingerprint density at radius 2 is 2.08 bits per heavy atom. The maximum absolute atomic E-state index is 12.1. The van der Waals surface area contributed by atoms with Gasteiger partial charge in [0.1, 0.15) is 16.4 Å². The molecule has 1 amide bonds. The normalized spacial score (nSPS) is 10.5. The SMILES string of the molecule is Cn1nccc1Nc1ncc(C(=O)NCCc2ccc(O)cc2)s1. The Hall–Kier alpha value is -2.87. The molecule has 0 spiro atoms. The minimum absolute atomic E-state index is 0.149. The van der Waals surface area contributed by atoms with Gasteiger partial charge in [0.25, 0.3) is 5.91 Å². The summed E-state index contributed by atoms with van der Waals surface area (Å²) in [4.78, 5) is 16.9. The molecule has 3 rings (SSSR count). The highest BCUT2D eigenvalue weighted by Crippen LogP contribution is 2.22. The first kappa shape index (κ1) is 16.0. The largest absolute Gasteiger partial charge is 0.508 e. The van der Waals surface area contributed by atoms with Crippen LogP contribution in [0.25, 0.3) is 0 Å². The van der Waals surface area contributed by atoms with Crippen LogP contribution in [0.2, 0.25) is 0 Å². The molecule has 2 heterocycles. The van der Waals surface area contributed by atoms with Crippen LogP contribution in [0, 0.1) is 0 Å². The highest BCUT2D eigenvalue weighted by molar-refractivity contribution is 7.17. The summed E-state index contributed by atoms with van der Waals surface area (Å²) in [5.41, 5.74) is 1.05. The van der Waals surface area contributed by atoms with E-state index in [0.717, 1.165) is 11.4 Å². The van der Waals surface area contributed by atoms with Gasteiger partial charge in [0.05, 0.1) is 12.4 Å². The van der Waals surface area contributed by atoms with E-state index in [4.69, 9.17) is 0 Å². The maximum Gasteiger partial charge on any atom is 0.263 e. The topological polar surface area (TPSA) is 92.1 Å². The van der Waals surface area contributed by atoms with Crippen molar-refractivity contribution in [2.24, 2.45) is 7.05 Å². The third-order valence-corrected chi connectivity index (χ3v) is 4.33. The van der Waals surface area contributed by atoms with Crippen LogP contribution >= 0.6 is 11.3 Å². The van der Waals surface area contributed by atoms with Gasteiger partial charge < -0.3 is 15.7 Å². The first-order valence-corrected chi connectivity index (χ1v) is 8.20. The van der Waals surface area contributed by atoms with Crippen LogP contribution < -0.4 is 10.6 Å². The fourth-order valence-corrected chi connectivity index (χ4v) is 2.85. The number of thiazole rings is 1. The Morgan fingerprint density at radius 3 is 2.79 bits per heavy atom. The summed E-state index contributed by atoms with van der Waals surface area (Å²) in [7, 11) is 1.83. The van der Waals surface area contributed by atoms with Gasteiger partial charge in [0, 0.05) is 19.7 Å². The zero-order valence-electron chi connectivity index (χ0n) is 13.1. The number of aryl methyl sites for hydroxylation is 1. The quantitative estimate of drug-likeness (QED) is 0.639. The second-order valence-corrected chi connectivity index (χ2v) is 6.20. The first-order chi connectivity index (χ1) is 11.6. The maximum atomic E-state index is 12.1. The molecular formula is C16H17N5O2S. The summed E-state index contributed by atoms with van der Waals surface area (Å²) in [5, 5.41) is 19.9. The van der Waals surface area contributed by atoms with Gasteiger partial charge in [0.2, 0.25) is 0 Å². The lowest BCUT2D eigenvalue weighted by Crippen LogP contribution is -2.24. The molecule has 0 aliphatic rings. The fraction of sp³-hybridized carbons (Fsp3) is 0.188. The zero-order valence-corrected chi connectivity index (χ0v) is 13.9. The average Bonchev–Trinajstić information content (AvgIpc) is 3.19. The Morgan fingerprint density at radius 1 is 1.29 bits per heavy atom. The predicted molar refractivity (Wildman–Crippen MR) is 92.7 cm³/mol. The number of hydrogen-bond acceptors (Lipinski definition) is 6. The smallest absolute Gasteiger partial charge is 0.263 e. The molecule has 124 valence electrons. The van der Waals surface area contributed by atoms with E-state index in [1.807, 2.05) is 25.2 Å². The molecule has 3 aromatic rings. The van der Waals surface area contributed by atoms with Crippen molar-refractivity contribution in [1.82, 2.24) is 20.1 Å². The van der Waals surface area contributed by atoms with E-state index in [9.17, 15) is 9.90 Å². The summed E-state index contributed by atoms with van der Waals surface area (Å²) >= 11 is 1.29. The second kappa shape index (κ2) is 7.14. The standard InChI is InChI=1S/C16H17N5O2S/c1-21-14(7-9-19-21)20-16-18-10-13(24-16)15(23)17-8-6-11-2-4-12(22)5-3-11/h2-5,7,9-10,22H,6,8H2,1H3,(H,17,23)(H,18,20). The molecule has 0 unspecified atom stereocenters. The number of carbonyl (C=O) groups is 1. The lowest BCUT2D eigenvalue weighted by atomic mass is 10.1. The van der Waals surface area contributed by atoms with Crippen molar-refractivity contribution in [2.45, 2.75) is 6.42 Å². The van der Waals surface area contributed by atoms with E-state index in [-0.39, 0.29) is 11.7 Å². The monoisotopic (exact) mass is 343 g/mol. The average molecular weight is 343 g/mol. The number of aromatic hydroxyl groups is 1. The van der Waals surface area contributed by atoms with Gasteiger partial charge in [-0.05, 0) is 24.1 Å². The molecule has 1 aromatic carbocycles. The molecule has 24 heavy (non-hydrogen) atoms. The van der Waals surface area contributed by atoms with E-state index >= 15 is 0 Å². The number of nitrogens with one attached hydrogen (secondary N) is 2. The van der Waals surface area contributed by atoms with Crippen LogP contribution in [0.1, 0.15) is 15.2 Å². The van der Waals surface area contributed by atoms with Gasteiger partial charge in [-0.2, -0.15) is 5.10 Å². The van der Waals surface area contributed by atoms with Gasteiger partial charge in [-0.25, -0.2) is 4.98 Å². The van der Waals surface area contributed by atoms with E-state index < -0.39 is 0 Å². The number of phenolic OH excluding ortho intramolecular Hbond substituents is 1. The summed E-state index contributed by atoms with van der Waals surface area (Å²) in [6.45, 7) is 0.520. The van der Waals surface area contributed by atoms with Crippen LogP contribution in [0.5, 0.6) is 5.75 Å². The Kier molecular flexibility index (Phi) is 4.76. The van der Waals surface area contributed by atoms with Crippen molar-refractivity contribution in [3.8, 4) is 5.75 Å². The number of hydrogen-bond donors (Lipinski definition) is 3. The number of aromatic nitrogens is 3. The molecule has 0 fully saturated rings. The van der Waals surface area contributed by atoms with Crippen molar-refractivity contribution in [3.63, 3.8) is 0 Å². The van der Waals surface area contributed by atoms with Crippen molar-refractivity contribution in [1.29, 1.82) is 0 Å². The van der Waals surface area contributed by atoms with E-state index in [0.29, 0.717) is 23.0 Å². The highest BCUT2D eigenvalue weighted by atomic mass is 32.1. The third-order valence-electron chi connectivity index (χ3n) is 3.42. The molecule has 0 saturated carbocycles. The van der Waals surface area contributed by atoms with Crippen molar-refractivity contribution >= 4 is 28.2 Å². The number of benzene rings is 1. The minimum atomic E-state index is -0.149. The van der Waals surface area contributed by atoms with Crippen molar-refractivity contribution in [3.05, 3.63) is 53.2 Å². The van der Waals surface area contributed by atoms with Crippen LogP contribution in [-0.4, -0.2) is 32.3 Å². The molecule has 0 atom stereocenters. The number of nitrogens with zero attached hydrogens (tertiary/aromatic N) is 3. The molecule has 2 aromatic heterocycles. The van der Waals surface area contributed by atoms with Crippen LogP contribution in [0.4, 0.5) is 10.9 Å². The highest BCUT2D eigenvalue weighted by Gasteiger charge is 2.11. The van der Waals surface area contributed by atoms with Crippen LogP contribution in [-0.2, 0) is 13.5 Å². The Balaban J connectivity index is 1.52. The number of amides is 1. The summed E-state index contributed by atoms with van der Waals surface area (Å²) in [6.07, 6.45) is 3.94. The van der Waals surface area contributed by atoms with Gasteiger partial charge >= 0.3 is 0 Å². The molecule has 0 radical (unpaired) electrons. The lowest BCUT2D eigenvalue weighted by Gasteiger charge is -2.04. The summed E-state index contributed by atoms with van der Waals surface area (Å²) in [6, 6.07) is 8.78. The minimum Gasteiger partial charge on any atom is -0.508 e. The van der Waals surface area contributed by atoms with Gasteiger partial charge in [0.15, 0.2) is 5.13 Å². The van der Waals surface area contributed by atoms with Crippen LogP contribution in [0.15, 0.2) is 42.7 Å². The number of phenols is 1. The fourth-order valence-electron chi connectivity index (χ4n) is 2.11. The molecule has 7 nitrogen and oxygen atoms in total. The zero-order chi connectivity index (χ0) is 16.9. The molecular weight excluding hydrogens is 326 g/mol.